The number of hydrogen-bond donors (Lipinski definition) is 1. The van der Waals surface area contributed by atoms with Crippen molar-refractivity contribution in [3.63, 3.8) is 0 Å². The first-order valence-corrected chi connectivity index (χ1v) is 8.67. The van der Waals surface area contributed by atoms with Gasteiger partial charge in [-0.25, -0.2) is 0 Å². The molecule has 1 saturated heterocycles. The Labute approximate surface area is 175 Å². The number of ether oxygens (including phenoxy) is 3. The van der Waals surface area contributed by atoms with Crippen LogP contribution in [0.4, 0.5) is 0 Å². The summed E-state index contributed by atoms with van der Waals surface area (Å²) in [6.07, 6.45) is 3.86. The molecule has 3 heterocycles. The molecule has 0 amide bonds. The van der Waals surface area contributed by atoms with Crippen molar-refractivity contribution in [3.05, 3.63) is 41.7 Å². The summed E-state index contributed by atoms with van der Waals surface area (Å²) in [6, 6.07) is 5.97. The zero-order valence-electron chi connectivity index (χ0n) is 15.4. The first kappa shape index (κ1) is 19.7. The van der Waals surface area contributed by atoms with Gasteiger partial charge in [0.2, 0.25) is 6.79 Å². The summed E-state index contributed by atoms with van der Waals surface area (Å²) in [6.45, 7) is 3.16. The Morgan fingerprint density at radius 3 is 2.96 bits per heavy atom. The number of benzene rings is 1. The van der Waals surface area contributed by atoms with E-state index in [0.29, 0.717) is 13.2 Å². The Morgan fingerprint density at radius 1 is 1.33 bits per heavy atom. The van der Waals surface area contributed by atoms with Gasteiger partial charge in [0.25, 0.3) is 0 Å². The van der Waals surface area contributed by atoms with Gasteiger partial charge in [0.1, 0.15) is 6.10 Å². The molecule has 146 valence electrons. The number of hydrogen-bond acceptors (Lipinski definition) is 5. The zero-order valence-corrected chi connectivity index (χ0v) is 17.8. The first-order valence-electron chi connectivity index (χ1n) is 8.67. The maximum atomic E-state index is 5.91. The van der Waals surface area contributed by atoms with Crippen LogP contribution in [-0.4, -0.2) is 54.2 Å². The summed E-state index contributed by atoms with van der Waals surface area (Å²) in [7, 11) is 3.71. The molecule has 1 aromatic heterocycles. The fourth-order valence-corrected chi connectivity index (χ4v) is 3.21. The van der Waals surface area contributed by atoms with E-state index in [2.05, 4.69) is 20.3 Å². The Balaban J connectivity index is 0.00000210. The minimum Gasteiger partial charge on any atom is -0.454 e. The maximum Gasteiger partial charge on any atom is 0.231 e. The molecule has 9 heteroatoms. The van der Waals surface area contributed by atoms with E-state index in [0.717, 1.165) is 41.7 Å². The lowest BCUT2D eigenvalue weighted by Gasteiger charge is -2.34. The third-order valence-electron chi connectivity index (χ3n) is 4.56. The van der Waals surface area contributed by atoms with Gasteiger partial charge in [-0.1, -0.05) is 6.07 Å². The van der Waals surface area contributed by atoms with E-state index in [1.165, 1.54) is 0 Å². The number of nitrogens with zero attached hydrogens (tertiary/aromatic N) is 4. The molecular weight excluding hydrogens is 461 g/mol. The van der Waals surface area contributed by atoms with Gasteiger partial charge in [0, 0.05) is 38.9 Å². The summed E-state index contributed by atoms with van der Waals surface area (Å²) in [4.78, 5) is 6.65. The number of morpholine rings is 1. The number of aliphatic imine (C=N–C) groups is 1. The quantitative estimate of drug-likeness (QED) is 0.407. The van der Waals surface area contributed by atoms with Gasteiger partial charge in [0.15, 0.2) is 17.5 Å². The van der Waals surface area contributed by atoms with E-state index < -0.39 is 0 Å². The second-order valence-electron chi connectivity index (χ2n) is 6.34. The van der Waals surface area contributed by atoms with E-state index in [-0.39, 0.29) is 36.9 Å². The summed E-state index contributed by atoms with van der Waals surface area (Å²) >= 11 is 0. The van der Waals surface area contributed by atoms with Gasteiger partial charge in [-0.3, -0.25) is 9.67 Å². The SMILES string of the molecule is CN=C(NCc1ccc2c(c1)OCO2)N1CCOC(c2cnn(C)c2)C1.I. The minimum absolute atomic E-state index is 0. The molecular formula is C18H24IN5O3. The van der Waals surface area contributed by atoms with Crippen molar-refractivity contribution in [2.75, 3.05) is 33.5 Å². The Morgan fingerprint density at radius 2 is 2.19 bits per heavy atom. The predicted molar refractivity (Wildman–Crippen MR) is 112 cm³/mol. The highest BCUT2D eigenvalue weighted by atomic mass is 127. The summed E-state index contributed by atoms with van der Waals surface area (Å²) in [5.41, 5.74) is 2.20. The average Bonchev–Trinajstić information content (AvgIpc) is 3.31. The van der Waals surface area contributed by atoms with E-state index >= 15 is 0 Å². The van der Waals surface area contributed by atoms with Crippen molar-refractivity contribution >= 4 is 29.9 Å². The molecule has 1 fully saturated rings. The maximum absolute atomic E-state index is 5.91. The van der Waals surface area contributed by atoms with Crippen LogP contribution in [0.25, 0.3) is 0 Å². The number of nitrogens with one attached hydrogen (secondary N) is 1. The molecule has 1 aromatic carbocycles. The molecule has 0 bridgehead atoms. The second kappa shape index (κ2) is 8.79. The number of fused-ring (bicyclic) bond motifs is 1. The molecule has 0 saturated carbocycles. The first-order chi connectivity index (χ1) is 12.7. The molecule has 0 aliphatic carbocycles. The highest BCUT2D eigenvalue weighted by Gasteiger charge is 2.25. The third kappa shape index (κ3) is 4.46. The van der Waals surface area contributed by atoms with Crippen molar-refractivity contribution in [3.8, 4) is 11.5 Å². The summed E-state index contributed by atoms with van der Waals surface area (Å²) in [5, 5.41) is 7.66. The molecule has 2 aromatic rings. The largest absolute Gasteiger partial charge is 0.454 e. The van der Waals surface area contributed by atoms with Crippen LogP contribution >= 0.6 is 24.0 Å². The van der Waals surface area contributed by atoms with Gasteiger partial charge in [-0.2, -0.15) is 5.10 Å². The van der Waals surface area contributed by atoms with Crippen molar-refractivity contribution < 1.29 is 14.2 Å². The Bertz CT molecular complexity index is 810. The van der Waals surface area contributed by atoms with Gasteiger partial charge in [-0.15, -0.1) is 24.0 Å². The van der Waals surface area contributed by atoms with Crippen LogP contribution in [0.2, 0.25) is 0 Å². The van der Waals surface area contributed by atoms with Crippen LogP contribution in [-0.2, 0) is 18.3 Å². The van der Waals surface area contributed by atoms with Crippen LogP contribution < -0.4 is 14.8 Å². The smallest absolute Gasteiger partial charge is 0.231 e. The molecule has 0 radical (unpaired) electrons. The Hall–Kier alpha value is -2.01. The van der Waals surface area contributed by atoms with E-state index in [4.69, 9.17) is 14.2 Å². The van der Waals surface area contributed by atoms with Gasteiger partial charge in [0.05, 0.1) is 19.3 Å². The van der Waals surface area contributed by atoms with Gasteiger partial charge < -0.3 is 24.4 Å². The minimum atomic E-state index is 0. The molecule has 2 aliphatic rings. The molecule has 4 rings (SSSR count). The number of rotatable bonds is 3. The number of aromatic nitrogens is 2. The fraction of sp³-hybridized carbons (Fsp3) is 0.444. The highest BCUT2D eigenvalue weighted by Crippen LogP contribution is 2.32. The summed E-state index contributed by atoms with van der Waals surface area (Å²) in [5.74, 6) is 2.45. The topological polar surface area (TPSA) is 73.1 Å². The molecule has 8 nitrogen and oxygen atoms in total. The van der Waals surface area contributed by atoms with Crippen molar-refractivity contribution in [2.45, 2.75) is 12.6 Å². The molecule has 27 heavy (non-hydrogen) atoms. The number of aryl methyl sites for hydroxylation is 1. The monoisotopic (exact) mass is 485 g/mol. The molecule has 0 spiro atoms. The lowest BCUT2D eigenvalue weighted by molar-refractivity contribution is -0.00805. The Kier molecular flexibility index (Phi) is 6.42. The molecule has 1 N–H and O–H groups in total. The average molecular weight is 485 g/mol. The van der Waals surface area contributed by atoms with Gasteiger partial charge in [-0.05, 0) is 17.7 Å². The fourth-order valence-electron chi connectivity index (χ4n) is 3.21. The normalized spacial score (nSPS) is 19.0. The number of halogens is 1. The summed E-state index contributed by atoms with van der Waals surface area (Å²) < 4.78 is 18.5. The standard InChI is InChI=1S/C18H23N5O3.HI/c1-19-18(20-8-13-3-4-15-16(7-13)26-12-25-15)23-5-6-24-17(11-23)14-9-21-22(2)10-14;/h3-4,7,9-10,17H,5-6,8,11-12H2,1-2H3,(H,19,20);1H. The van der Waals surface area contributed by atoms with Crippen molar-refractivity contribution in [1.82, 2.24) is 20.0 Å². The van der Waals surface area contributed by atoms with E-state index in [9.17, 15) is 0 Å². The molecule has 1 atom stereocenters. The van der Waals surface area contributed by atoms with Crippen LogP contribution in [0.1, 0.15) is 17.2 Å². The zero-order chi connectivity index (χ0) is 17.9. The second-order valence-corrected chi connectivity index (χ2v) is 6.34. The number of guanidine groups is 1. The van der Waals surface area contributed by atoms with Crippen LogP contribution in [0, 0.1) is 0 Å². The van der Waals surface area contributed by atoms with Crippen molar-refractivity contribution in [1.29, 1.82) is 0 Å². The lowest BCUT2D eigenvalue weighted by Crippen LogP contribution is -2.47. The van der Waals surface area contributed by atoms with Crippen molar-refractivity contribution in [2.24, 2.45) is 12.0 Å². The molecule has 1 unspecified atom stereocenters. The molecule has 2 aliphatic heterocycles. The highest BCUT2D eigenvalue weighted by molar-refractivity contribution is 14.0. The predicted octanol–water partition coefficient (Wildman–Crippen LogP) is 1.92. The van der Waals surface area contributed by atoms with E-state index in [1.54, 1.807) is 11.7 Å². The van der Waals surface area contributed by atoms with E-state index in [1.807, 2.05) is 37.6 Å². The van der Waals surface area contributed by atoms with Gasteiger partial charge >= 0.3 is 0 Å². The lowest BCUT2D eigenvalue weighted by atomic mass is 10.1. The third-order valence-corrected chi connectivity index (χ3v) is 4.56. The van der Waals surface area contributed by atoms with Crippen LogP contribution in [0.3, 0.4) is 0 Å². The van der Waals surface area contributed by atoms with Crippen LogP contribution in [0.15, 0.2) is 35.6 Å². The van der Waals surface area contributed by atoms with Crippen LogP contribution in [0.5, 0.6) is 11.5 Å².